The van der Waals surface area contributed by atoms with E-state index in [0.29, 0.717) is 25.3 Å². The minimum absolute atomic E-state index is 0.0192. The molecule has 0 aromatic rings. The molecule has 0 radical (unpaired) electrons. The van der Waals surface area contributed by atoms with Crippen molar-refractivity contribution in [2.24, 2.45) is 22.2 Å². The summed E-state index contributed by atoms with van der Waals surface area (Å²) in [6.07, 6.45) is 2.48. The van der Waals surface area contributed by atoms with Crippen LogP contribution in [0.2, 0.25) is 0 Å². The standard InChI is InChI=1S/C11H19N3O3/c1-7-8(2-5-17-7)6-13-10(15)11(3-4-11)9(12)14-16/h7-8,16H,2-6H2,1H3,(H2,12,14)(H,13,15). The highest BCUT2D eigenvalue weighted by molar-refractivity contribution is 6.09. The molecule has 17 heavy (non-hydrogen) atoms. The molecule has 6 heteroatoms. The lowest BCUT2D eigenvalue weighted by Crippen LogP contribution is -2.43. The molecule has 0 aromatic carbocycles. The van der Waals surface area contributed by atoms with Gasteiger partial charge in [0.05, 0.1) is 6.10 Å². The van der Waals surface area contributed by atoms with E-state index in [0.717, 1.165) is 13.0 Å². The Labute approximate surface area is 100 Å². The molecule has 1 aliphatic carbocycles. The molecule has 1 heterocycles. The maximum Gasteiger partial charge on any atom is 0.233 e. The van der Waals surface area contributed by atoms with Gasteiger partial charge in [0.2, 0.25) is 5.91 Å². The molecule has 6 nitrogen and oxygen atoms in total. The Morgan fingerprint density at radius 1 is 1.65 bits per heavy atom. The van der Waals surface area contributed by atoms with Crippen molar-refractivity contribution < 1.29 is 14.7 Å². The van der Waals surface area contributed by atoms with E-state index in [-0.39, 0.29) is 17.8 Å². The van der Waals surface area contributed by atoms with E-state index in [4.69, 9.17) is 15.7 Å². The van der Waals surface area contributed by atoms with Gasteiger partial charge < -0.3 is 21.0 Å². The van der Waals surface area contributed by atoms with Crippen LogP contribution in [-0.2, 0) is 9.53 Å². The Bertz CT molecular complexity index is 339. The number of oxime groups is 1. The summed E-state index contributed by atoms with van der Waals surface area (Å²) in [7, 11) is 0. The quantitative estimate of drug-likeness (QED) is 0.280. The van der Waals surface area contributed by atoms with Crippen molar-refractivity contribution in [2.45, 2.75) is 32.3 Å². The first-order valence-corrected chi connectivity index (χ1v) is 5.98. The zero-order chi connectivity index (χ0) is 12.5. The average Bonchev–Trinajstić information content (AvgIpc) is 3.04. The lowest BCUT2D eigenvalue weighted by molar-refractivity contribution is -0.124. The van der Waals surface area contributed by atoms with E-state index in [1.165, 1.54) is 0 Å². The van der Waals surface area contributed by atoms with Gasteiger partial charge in [-0.1, -0.05) is 5.16 Å². The number of nitrogens with two attached hydrogens (primary N) is 1. The van der Waals surface area contributed by atoms with Crippen molar-refractivity contribution in [1.29, 1.82) is 0 Å². The Kier molecular flexibility index (Phi) is 3.24. The summed E-state index contributed by atoms with van der Waals surface area (Å²) in [6.45, 7) is 3.37. The van der Waals surface area contributed by atoms with Gasteiger partial charge in [-0.15, -0.1) is 0 Å². The summed E-state index contributed by atoms with van der Waals surface area (Å²) < 4.78 is 5.43. The van der Waals surface area contributed by atoms with Crippen LogP contribution in [0.15, 0.2) is 5.16 Å². The fourth-order valence-corrected chi connectivity index (χ4v) is 2.26. The molecule has 0 aromatic heterocycles. The predicted octanol–water partition coefficient (Wildman–Crippen LogP) is 0.0542. The minimum Gasteiger partial charge on any atom is -0.409 e. The number of hydrogen-bond acceptors (Lipinski definition) is 4. The molecule has 0 spiro atoms. The third-order valence-electron chi connectivity index (χ3n) is 3.84. The second kappa shape index (κ2) is 4.52. The summed E-state index contributed by atoms with van der Waals surface area (Å²) in [5.74, 6) is 0.250. The monoisotopic (exact) mass is 241 g/mol. The molecule has 4 N–H and O–H groups in total. The Balaban J connectivity index is 1.86. The van der Waals surface area contributed by atoms with Gasteiger partial charge in [-0.3, -0.25) is 4.79 Å². The Morgan fingerprint density at radius 3 is 2.82 bits per heavy atom. The lowest BCUT2D eigenvalue weighted by Gasteiger charge is -2.18. The van der Waals surface area contributed by atoms with Crippen LogP contribution in [-0.4, -0.2) is 36.2 Å². The number of nitrogens with one attached hydrogen (secondary N) is 1. The smallest absolute Gasteiger partial charge is 0.233 e. The third-order valence-corrected chi connectivity index (χ3v) is 3.84. The Morgan fingerprint density at radius 2 is 2.35 bits per heavy atom. The van der Waals surface area contributed by atoms with E-state index in [9.17, 15) is 4.79 Å². The maximum atomic E-state index is 12.0. The zero-order valence-corrected chi connectivity index (χ0v) is 9.98. The van der Waals surface area contributed by atoms with Crippen LogP contribution in [0.3, 0.4) is 0 Å². The molecule has 2 atom stereocenters. The van der Waals surface area contributed by atoms with Crippen LogP contribution in [0.4, 0.5) is 0 Å². The highest BCUT2D eigenvalue weighted by Gasteiger charge is 2.54. The van der Waals surface area contributed by atoms with Crippen LogP contribution >= 0.6 is 0 Å². The number of nitrogens with zero attached hydrogens (tertiary/aromatic N) is 1. The van der Waals surface area contributed by atoms with Crippen LogP contribution in [0.25, 0.3) is 0 Å². The van der Waals surface area contributed by atoms with Crippen molar-refractivity contribution in [1.82, 2.24) is 5.32 Å². The van der Waals surface area contributed by atoms with Gasteiger partial charge in [-0.25, -0.2) is 0 Å². The van der Waals surface area contributed by atoms with Crippen molar-refractivity contribution in [3.8, 4) is 0 Å². The zero-order valence-electron chi connectivity index (χ0n) is 9.98. The van der Waals surface area contributed by atoms with Crippen LogP contribution in [0.1, 0.15) is 26.2 Å². The van der Waals surface area contributed by atoms with Gasteiger partial charge in [0, 0.05) is 19.1 Å². The second-order valence-corrected chi connectivity index (χ2v) is 4.90. The Hall–Kier alpha value is -1.30. The molecule has 2 unspecified atom stereocenters. The number of ether oxygens (including phenoxy) is 1. The third kappa shape index (κ3) is 2.22. The molecular formula is C11H19N3O3. The van der Waals surface area contributed by atoms with E-state index in [1.807, 2.05) is 6.92 Å². The predicted molar refractivity (Wildman–Crippen MR) is 61.6 cm³/mol. The number of hydrogen-bond donors (Lipinski definition) is 3. The lowest BCUT2D eigenvalue weighted by atomic mass is 10.0. The van der Waals surface area contributed by atoms with E-state index in [1.54, 1.807) is 0 Å². The average molecular weight is 241 g/mol. The molecule has 1 aliphatic heterocycles. The number of amides is 1. The number of carbonyl (C=O) groups is 1. The highest BCUT2D eigenvalue weighted by Crippen LogP contribution is 2.46. The summed E-state index contributed by atoms with van der Waals surface area (Å²) in [6, 6.07) is 0. The summed E-state index contributed by atoms with van der Waals surface area (Å²) in [5.41, 5.74) is 4.79. The first-order valence-electron chi connectivity index (χ1n) is 5.98. The molecule has 0 bridgehead atoms. The van der Waals surface area contributed by atoms with E-state index < -0.39 is 5.41 Å². The SMILES string of the molecule is CC1OCCC1CNC(=O)C1(C(N)=NO)CC1. The number of carbonyl (C=O) groups excluding carboxylic acids is 1. The van der Waals surface area contributed by atoms with Crippen molar-refractivity contribution in [3.05, 3.63) is 0 Å². The first-order chi connectivity index (χ1) is 8.10. The normalized spacial score (nSPS) is 31.2. The molecular weight excluding hydrogens is 222 g/mol. The molecule has 96 valence electrons. The van der Waals surface area contributed by atoms with Gasteiger partial charge in [0.1, 0.15) is 5.41 Å². The van der Waals surface area contributed by atoms with Gasteiger partial charge >= 0.3 is 0 Å². The molecule has 2 rings (SSSR count). The summed E-state index contributed by atoms with van der Waals surface area (Å²) >= 11 is 0. The van der Waals surface area contributed by atoms with Gasteiger partial charge in [0.15, 0.2) is 5.84 Å². The summed E-state index contributed by atoms with van der Waals surface area (Å²) in [4.78, 5) is 12.0. The van der Waals surface area contributed by atoms with Crippen LogP contribution in [0, 0.1) is 11.3 Å². The van der Waals surface area contributed by atoms with Crippen molar-refractivity contribution in [3.63, 3.8) is 0 Å². The van der Waals surface area contributed by atoms with Crippen LogP contribution < -0.4 is 11.1 Å². The van der Waals surface area contributed by atoms with Gasteiger partial charge in [-0.2, -0.15) is 0 Å². The number of rotatable bonds is 4. The van der Waals surface area contributed by atoms with E-state index >= 15 is 0 Å². The first kappa shape index (κ1) is 12.2. The maximum absolute atomic E-state index is 12.0. The topological polar surface area (TPSA) is 96.9 Å². The van der Waals surface area contributed by atoms with Crippen molar-refractivity contribution in [2.75, 3.05) is 13.2 Å². The molecule has 1 amide bonds. The summed E-state index contributed by atoms with van der Waals surface area (Å²) in [5, 5.41) is 14.5. The van der Waals surface area contributed by atoms with Gasteiger partial charge in [-0.05, 0) is 26.2 Å². The van der Waals surface area contributed by atoms with E-state index in [2.05, 4.69) is 10.5 Å². The molecule has 2 aliphatic rings. The number of amidine groups is 1. The minimum atomic E-state index is -0.753. The van der Waals surface area contributed by atoms with Gasteiger partial charge in [0.25, 0.3) is 0 Å². The van der Waals surface area contributed by atoms with Crippen LogP contribution in [0.5, 0.6) is 0 Å². The fraction of sp³-hybridized carbons (Fsp3) is 0.818. The largest absolute Gasteiger partial charge is 0.409 e. The van der Waals surface area contributed by atoms with Crippen molar-refractivity contribution >= 4 is 11.7 Å². The second-order valence-electron chi connectivity index (χ2n) is 4.90. The molecule has 1 saturated heterocycles. The molecule has 1 saturated carbocycles. The molecule has 2 fully saturated rings. The highest BCUT2D eigenvalue weighted by atomic mass is 16.5. The fourth-order valence-electron chi connectivity index (χ4n) is 2.26.